The number of pyridine rings is 2. The molecule has 0 saturated heterocycles. The van der Waals surface area contributed by atoms with Crippen LogP contribution in [0.2, 0.25) is 0 Å². The third-order valence-electron chi connectivity index (χ3n) is 4.29. The van der Waals surface area contributed by atoms with Gasteiger partial charge in [0.05, 0.1) is 6.61 Å². The lowest BCUT2D eigenvalue weighted by molar-refractivity contribution is -0.139. The van der Waals surface area contributed by atoms with Crippen molar-refractivity contribution >= 4 is 5.91 Å². The number of carbonyl (C=O) groups is 1. The minimum absolute atomic E-state index is 0.0781. The standard InChI is InChI=1S/C22H20F3N3O4/c1-2-31-16-5-7-17(8-6-16)32-20-12-15(9-10-26-20)13-27-19(29)14-28-11-3-4-18(21(28)30)22(23,24)25/h3-12H,2,13-14H2,1H3,(H,27,29). The molecule has 1 amide bonds. The molecule has 0 radical (unpaired) electrons. The van der Waals surface area contributed by atoms with Gasteiger partial charge in [0.25, 0.3) is 5.56 Å². The molecule has 32 heavy (non-hydrogen) atoms. The summed E-state index contributed by atoms with van der Waals surface area (Å²) in [4.78, 5) is 28.2. The van der Waals surface area contributed by atoms with Crippen LogP contribution in [0.15, 0.2) is 65.7 Å². The Labute approximate surface area is 181 Å². The number of nitrogens with one attached hydrogen (secondary N) is 1. The molecular weight excluding hydrogens is 427 g/mol. The number of halogens is 3. The van der Waals surface area contributed by atoms with E-state index in [-0.39, 0.29) is 6.54 Å². The predicted octanol–water partition coefficient (Wildman–Crippen LogP) is 3.77. The number of nitrogens with zero attached hydrogens (tertiary/aromatic N) is 2. The van der Waals surface area contributed by atoms with Crippen molar-refractivity contribution in [2.24, 2.45) is 0 Å². The van der Waals surface area contributed by atoms with Gasteiger partial charge in [-0.3, -0.25) is 9.59 Å². The molecule has 2 heterocycles. The SMILES string of the molecule is CCOc1ccc(Oc2cc(CNC(=O)Cn3cccc(C(F)(F)F)c3=O)ccn2)cc1. The largest absolute Gasteiger partial charge is 0.494 e. The summed E-state index contributed by atoms with van der Waals surface area (Å²) < 4.78 is 50.3. The molecule has 2 aromatic heterocycles. The molecule has 0 aliphatic carbocycles. The summed E-state index contributed by atoms with van der Waals surface area (Å²) in [7, 11) is 0. The van der Waals surface area contributed by atoms with Gasteiger partial charge in [0.1, 0.15) is 23.6 Å². The summed E-state index contributed by atoms with van der Waals surface area (Å²) in [5.74, 6) is 0.947. The highest BCUT2D eigenvalue weighted by Gasteiger charge is 2.34. The monoisotopic (exact) mass is 447 g/mol. The number of alkyl halides is 3. The number of ether oxygens (including phenoxy) is 2. The summed E-state index contributed by atoms with van der Waals surface area (Å²) in [6, 6.07) is 12.0. The van der Waals surface area contributed by atoms with Crippen LogP contribution in [0.5, 0.6) is 17.4 Å². The fraction of sp³-hybridized carbons (Fsp3) is 0.227. The van der Waals surface area contributed by atoms with Crippen molar-refractivity contribution in [1.82, 2.24) is 14.9 Å². The van der Waals surface area contributed by atoms with Crippen molar-refractivity contribution in [2.75, 3.05) is 6.61 Å². The van der Waals surface area contributed by atoms with E-state index in [4.69, 9.17) is 9.47 Å². The van der Waals surface area contributed by atoms with Gasteiger partial charge in [-0.25, -0.2) is 4.98 Å². The number of hydrogen-bond donors (Lipinski definition) is 1. The highest BCUT2D eigenvalue weighted by molar-refractivity contribution is 5.75. The molecule has 0 atom stereocenters. The quantitative estimate of drug-likeness (QED) is 0.569. The molecular formula is C22H20F3N3O4. The van der Waals surface area contributed by atoms with Gasteiger partial charge < -0.3 is 19.4 Å². The number of amides is 1. The van der Waals surface area contributed by atoms with E-state index in [0.717, 1.165) is 12.3 Å². The molecule has 3 aromatic rings. The number of benzene rings is 1. The first kappa shape index (κ1) is 22.9. The minimum atomic E-state index is -4.78. The molecule has 1 N–H and O–H groups in total. The van der Waals surface area contributed by atoms with Crippen molar-refractivity contribution in [1.29, 1.82) is 0 Å². The Bertz CT molecular complexity index is 1130. The van der Waals surface area contributed by atoms with Crippen molar-refractivity contribution in [2.45, 2.75) is 26.2 Å². The molecule has 0 spiro atoms. The van der Waals surface area contributed by atoms with Gasteiger partial charge in [-0.15, -0.1) is 0 Å². The van der Waals surface area contributed by atoms with Gasteiger partial charge in [-0.05, 0) is 55.0 Å². The van der Waals surface area contributed by atoms with Crippen LogP contribution in [0.4, 0.5) is 13.2 Å². The lowest BCUT2D eigenvalue weighted by Crippen LogP contribution is -2.34. The molecule has 0 aliphatic rings. The van der Waals surface area contributed by atoms with Gasteiger partial charge >= 0.3 is 6.18 Å². The fourth-order valence-corrected chi connectivity index (χ4v) is 2.80. The Morgan fingerprint density at radius 1 is 1.12 bits per heavy atom. The van der Waals surface area contributed by atoms with Crippen molar-refractivity contribution in [3.8, 4) is 17.4 Å². The van der Waals surface area contributed by atoms with Crippen molar-refractivity contribution in [3.05, 3.63) is 82.4 Å². The van der Waals surface area contributed by atoms with Crippen LogP contribution in [-0.4, -0.2) is 22.1 Å². The van der Waals surface area contributed by atoms with Crippen molar-refractivity contribution < 1.29 is 27.4 Å². The zero-order chi connectivity index (χ0) is 23.1. The molecule has 3 rings (SSSR count). The molecule has 0 bridgehead atoms. The van der Waals surface area contributed by atoms with E-state index < -0.39 is 29.8 Å². The van der Waals surface area contributed by atoms with E-state index >= 15 is 0 Å². The second-order valence-electron chi connectivity index (χ2n) is 6.64. The summed E-state index contributed by atoms with van der Waals surface area (Å²) in [6.07, 6.45) is -2.15. The van der Waals surface area contributed by atoms with Crippen LogP contribution >= 0.6 is 0 Å². The molecule has 10 heteroatoms. The summed E-state index contributed by atoms with van der Waals surface area (Å²) in [5.41, 5.74) is -1.94. The fourth-order valence-electron chi connectivity index (χ4n) is 2.80. The van der Waals surface area contributed by atoms with Crippen LogP contribution in [0.3, 0.4) is 0 Å². The Kier molecular flexibility index (Phi) is 7.14. The Balaban J connectivity index is 1.59. The molecule has 0 unspecified atom stereocenters. The number of rotatable bonds is 8. The number of aromatic nitrogens is 2. The van der Waals surface area contributed by atoms with Gasteiger partial charge in [0.2, 0.25) is 11.8 Å². The van der Waals surface area contributed by atoms with Crippen LogP contribution in [0, 0.1) is 0 Å². The first-order chi connectivity index (χ1) is 15.3. The third-order valence-corrected chi connectivity index (χ3v) is 4.29. The second kappa shape index (κ2) is 9.99. The van der Waals surface area contributed by atoms with E-state index in [0.29, 0.717) is 40.2 Å². The van der Waals surface area contributed by atoms with Gasteiger partial charge in [0, 0.05) is 25.0 Å². The number of hydrogen-bond acceptors (Lipinski definition) is 5. The summed E-state index contributed by atoms with van der Waals surface area (Å²) in [6.45, 7) is 1.98. The third kappa shape index (κ3) is 6.10. The van der Waals surface area contributed by atoms with E-state index in [1.54, 1.807) is 36.4 Å². The second-order valence-corrected chi connectivity index (χ2v) is 6.64. The first-order valence-corrected chi connectivity index (χ1v) is 9.65. The first-order valence-electron chi connectivity index (χ1n) is 9.65. The Morgan fingerprint density at radius 3 is 2.53 bits per heavy atom. The molecule has 1 aromatic carbocycles. The lowest BCUT2D eigenvalue weighted by Gasteiger charge is -2.11. The molecule has 168 valence electrons. The van der Waals surface area contributed by atoms with Crippen LogP contribution in [0.25, 0.3) is 0 Å². The highest BCUT2D eigenvalue weighted by Crippen LogP contribution is 2.26. The number of carbonyl (C=O) groups excluding carboxylic acids is 1. The molecule has 0 aliphatic heterocycles. The zero-order valence-electron chi connectivity index (χ0n) is 17.1. The average Bonchev–Trinajstić information content (AvgIpc) is 2.75. The summed E-state index contributed by atoms with van der Waals surface area (Å²) in [5, 5.41) is 2.57. The van der Waals surface area contributed by atoms with E-state index in [2.05, 4.69) is 10.3 Å². The van der Waals surface area contributed by atoms with Gasteiger partial charge in [-0.2, -0.15) is 13.2 Å². The van der Waals surface area contributed by atoms with Gasteiger partial charge in [-0.1, -0.05) is 0 Å². The maximum absolute atomic E-state index is 12.8. The molecule has 7 nitrogen and oxygen atoms in total. The molecule has 0 fully saturated rings. The van der Waals surface area contributed by atoms with E-state index in [9.17, 15) is 22.8 Å². The molecule has 0 saturated carbocycles. The smallest absolute Gasteiger partial charge is 0.421 e. The Hall–Kier alpha value is -3.82. The van der Waals surface area contributed by atoms with E-state index in [1.807, 2.05) is 6.92 Å². The average molecular weight is 447 g/mol. The van der Waals surface area contributed by atoms with Crippen molar-refractivity contribution in [3.63, 3.8) is 0 Å². The van der Waals surface area contributed by atoms with Crippen LogP contribution in [-0.2, 0) is 24.1 Å². The zero-order valence-corrected chi connectivity index (χ0v) is 17.1. The predicted molar refractivity (Wildman–Crippen MR) is 109 cm³/mol. The lowest BCUT2D eigenvalue weighted by atomic mass is 10.2. The van der Waals surface area contributed by atoms with E-state index in [1.165, 1.54) is 6.20 Å². The topological polar surface area (TPSA) is 82.5 Å². The Morgan fingerprint density at radius 2 is 1.84 bits per heavy atom. The van der Waals surface area contributed by atoms with Gasteiger partial charge in [0.15, 0.2) is 0 Å². The maximum Gasteiger partial charge on any atom is 0.421 e. The normalized spacial score (nSPS) is 11.1. The minimum Gasteiger partial charge on any atom is -0.494 e. The highest BCUT2D eigenvalue weighted by atomic mass is 19.4. The maximum atomic E-state index is 12.8. The van der Waals surface area contributed by atoms with Crippen LogP contribution < -0.4 is 20.3 Å². The van der Waals surface area contributed by atoms with Crippen LogP contribution in [0.1, 0.15) is 18.1 Å². The summed E-state index contributed by atoms with van der Waals surface area (Å²) >= 11 is 0.